The number of hydrogen-bond donors (Lipinski definition) is 1. The van der Waals surface area contributed by atoms with E-state index in [0.717, 1.165) is 9.88 Å². The fourth-order valence-corrected chi connectivity index (χ4v) is 2.93. The second-order valence-electron chi connectivity index (χ2n) is 6.21. The van der Waals surface area contributed by atoms with E-state index in [1.165, 1.54) is 0 Å². The lowest BCUT2D eigenvalue weighted by Crippen LogP contribution is -2.39. The van der Waals surface area contributed by atoms with E-state index < -0.39 is 0 Å². The Labute approximate surface area is 124 Å². The minimum atomic E-state index is -0.251. The summed E-state index contributed by atoms with van der Waals surface area (Å²) in [6.07, 6.45) is 6.36. The van der Waals surface area contributed by atoms with Crippen LogP contribution in [0.25, 0.3) is 6.08 Å². The van der Waals surface area contributed by atoms with Crippen LogP contribution in [0.1, 0.15) is 43.5 Å². The van der Waals surface area contributed by atoms with Crippen LogP contribution >= 0.6 is 11.3 Å². The first-order valence-corrected chi connectivity index (χ1v) is 7.79. The molecule has 1 saturated heterocycles. The van der Waals surface area contributed by atoms with Gasteiger partial charge in [0, 0.05) is 35.7 Å². The lowest BCUT2D eigenvalue weighted by atomic mass is 9.98. The van der Waals surface area contributed by atoms with Crippen molar-refractivity contribution in [3.63, 3.8) is 0 Å². The molecular weight excluding hydrogens is 272 g/mol. The average Bonchev–Trinajstić information content (AvgIpc) is 2.85. The van der Waals surface area contributed by atoms with Crippen LogP contribution in [-0.2, 0) is 10.2 Å². The topological polar surface area (TPSA) is 53.4 Å². The third kappa shape index (κ3) is 3.90. The maximum atomic E-state index is 12.0. The zero-order chi connectivity index (χ0) is 14.8. The summed E-state index contributed by atoms with van der Waals surface area (Å²) < 4.78 is 0. The van der Waals surface area contributed by atoms with Gasteiger partial charge < -0.3 is 10.0 Å². The Balaban J connectivity index is 1.95. The van der Waals surface area contributed by atoms with Crippen LogP contribution in [0.2, 0.25) is 0 Å². The van der Waals surface area contributed by atoms with Crippen LogP contribution < -0.4 is 0 Å². The highest BCUT2D eigenvalue weighted by Gasteiger charge is 2.20. The standard InChI is InChI=1S/C15H22N2O2S/c1-15(2,3)14-16-10-12(20-14)4-5-13(19)17-8-6-11(18)7-9-17/h4-5,10-11,18H,6-9H2,1-3H3. The summed E-state index contributed by atoms with van der Waals surface area (Å²) in [6.45, 7) is 7.66. The normalized spacial score (nSPS) is 17.9. The number of carbonyl (C=O) groups is 1. The summed E-state index contributed by atoms with van der Waals surface area (Å²) >= 11 is 1.62. The second kappa shape index (κ2) is 6.06. The Morgan fingerprint density at radius 3 is 2.65 bits per heavy atom. The van der Waals surface area contributed by atoms with Crippen molar-refractivity contribution in [3.05, 3.63) is 22.2 Å². The van der Waals surface area contributed by atoms with Gasteiger partial charge in [-0.2, -0.15) is 0 Å². The molecule has 0 radical (unpaired) electrons. The van der Waals surface area contributed by atoms with E-state index in [1.807, 2.05) is 12.3 Å². The maximum Gasteiger partial charge on any atom is 0.246 e. The Hall–Kier alpha value is -1.20. The molecule has 0 aliphatic carbocycles. The zero-order valence-electron chi connectivity index (χ0n) is 12.3. The number of aromatic nitrogens is 1. The molecule has 1 aromatic heterocycles. The second-order valence-corrected chi connectivity index (χ2v) is 7.27. The molecule has 1 amide bonds. The van der Waals surface area contributed by atoms with Crippen molar-refractivity contribution < 1.29 is 9.90 Å². The summed E-state index contributed by atoms with van der Waals surface area (Å²) in [5.41, 5.74) is 0.0454. The number of nitrogens with zero attached hydrogens (tertiary/aromatic N) is 2. The van der Waals surface area contributed by atoms with E-state index in [-0.39, 0.29) is 17.4 Å². The molecule has 0 aromatic carbocycles. The summed E-state index contributed by atoms with van der Waals surface area (Å²) in [7, 11) is 0. The van der Waals surface area contributed by atoms with Crippen LogP contribution in [0.3, 0.4) is 0 Å². The van der Waals surface area contributed by atoms with Gasteiger partial charge in [0.25, 0.3) is 0 Å². The van der Waals surface area contributed by atoms with Crippen LogP contribution in [0, 0.1) is 0 Å². The monoisotopic (exact) mass is 294 g/mol. The SMILES string of the molecule is CC(C)(C)c1ncc(C=CC(=O)N2CCC(O)CC2)s1. The van der Waals surface area contributed by atoms with Crippen molar-refractivity contribution >= 4 is 23.3 Å². The van der Waals surface area contributed by atoms with E-state index in [4.69, 9.17) is 0 Å². The molecule has 1 aromatic rings. The molecule has 5 heteroatoms. The fraction of sp³-hybridized carbons (Fsp3) is 0.600. The van der Waals surface area contributed by atoms with Crippen molar-refractivity contribution in [3.8, 4) is 0 Å². The molecule has 1 aliphatic heterocycles. The quantitative estimate of drug-likeness (QED) is 0.852. The molecule has 2 heterocycles. The smallest absolute Gasteiger partial charge is 0.246 e. The van der Waals surface area contributed by atoms with Gasteiger partial charge in [-0.05, 0) is 18.9 Å². The first kappa shape index (κ1) is 15.2. The summed E-state index contributed by atoms with van der Waals surface area (Å²) in [5.74, 6) is 0.0163. The molecule has 1 fully saturated rings. The first-order valence-electron chi connectivity index (χ1n) is 6.97. The Morgan fingerprint density at radius 1 is 1.45 bits per heavy atom. The first-order chi connectivity index (χ1) is 9.36. The molecule has 1 N–H and O–H groups in total. The summed E-state index contributed by atoms with van der Waals surface area (Å²) in [6, 6.07) is 0. The molecule has 20 heavy (non-hydrogen) atoms. The van der Waals surface area contributed by atoms with E-state index in [9.17, 15) is 9.90 Å². The Kier molecular flexibility index (Phi) is 4.60. The predicted octanol–water partition coefficient (Wildman–Crippen LogP) is 2.44. The number of thiazole rings is 1. The lowest BCUT2D eigenvalue weighted by Gasteiger charge is -2.28. The fourth-order valence-electron chi connectivity index (χ4n) is 2.06. The third-order valence-corrected chi connectivity index (χ3v) is 4.72. The highest BCUT2D eigenvalue weighted by atomic mass is 32.1. The zero-order valence-corrected chi connectivity index (χ0v) is 13.1. The van der Waals surface area contributed by atoms with Gasteiger partial charge in [-0.25, -0.2) is 4.98 Å². The number of rotatable bonds is 2. The highest BCUT2D eigenvalue weighted by Crippen LogP contribution is 2.27. The van der Waals surface area contributed by atoms with Gasteiger partial charge in [0.1, 0.15) is 0 Å². The molecular formula is C15H22N2O2S. The Bertz CT molecular complexity index is 494. The van der Waals surface area contributed by atoms with Gasteiger partial charge >= 0.3 is 0 Å². The number of likely N-dealkylation sites (tertiary alicyclic amines) is 1. The van der Waals surface area contributed by atoms with Gasteiger partial charge in [0.2, 0.25) is 5.91 Å². The van der Waals surface area contributed by atoms with Crippen LogP contribution in [0.4, 0.5) is 0 Å². The number of piperidine rings is 1. The largest absolute Gasteiger partial charge is 0.393 e. The van der Waals surface area contributed by atoms with Crippen molar-refractivity contribution in [1.82, 2.24) is 9.88 Å². The highest BCUT2D eigenvalue weighted by molar-refractivity contribution is 7.12. The molecule has 4 nitrogen and oxygen atoms in total. The van der Waals surface area contributed by atoms with Crippen molar-refractivity contribution in [1.29, 1.82) is 0 Å². The van der Waals surface area contributed by atoms with Gasteiger partial charge in [-0.15, -0.1) is 11.3 Å². The molecule has 0 spiro atoms. The van der Waals surface area contributed by atoms with Crippen molar-refractivity contribution in [2.75, 3.05) is 13.1 Å². The number of carbonyl (C=O) groups excluding carboxylic acids is 1. The minimum absolute atomic E-state index is 0.0163. The molecule has 2 rings (SSSR count). The van der Waals surface area contributed by atoms with Gasteiger partial charge in [0.15, 0.2) is 0 Å². The number of aliphatic hydroxyl groups is 1. The average molecular weight is 294 g/mol. The molecule has 0 saturated carbocycles. The predicted molar refractivity (Wildman–Crippen MR) is 81.7 cm³/mol. The van der Waals surface area contributed by atoms with Crippen molar-refractivity contribution in [2.24, 2.45) is 0 Å². The summed E-state index contributed by atoms with van der Waals surface area (Å²) in [4.78, 5) is 19.2. The molecule has 0 unspecified atom stereocenters. The van der Waals surface area contributed by atoms with E-state index in [2.05, 4.69) is 25.8 Å². The number of amides is 1. The molecule has 0 atom stereocenters. The van der Waals surface area contributed by atoms with Gasteiger partial charge in [-0.1, -0.05) is 20.8 Å². The van der Waals surface area contributed by atoms with Crippen LogP contribution in [-0.4, -0.2) is 40.1 Å². The molecule has 110 valence electrons. The lowest BCUT2D eigenvalue weighted by molar-refractivity contribution is -0.127. The summed E-state index contributed by atoms with van der Waals surface area (Å²) in [5, 5.41) is 10.5. The third-order valence-electron chi connectivity index (χ3n) is 3.33. The minimum Gasteiger partial charge on any atom is -0.393 e. The molecule has 1 aliphatic rings. The van der Waals surface area contributed by atoms with E-state index in [1.54, 1.807) is 22.3 Å². The Morgan fingerprint density at radius 2 is 2.10 bits per heavy atom. The number of aliphatic hydroxyl groups excluding tert-OH is 1. The molecule has 0 bridgehead atoms. The van der Waals surface area contributed by atoms with Gasteiger partial charge in [0.05, 0.1) is 11.1 Å². The van der Waals surface area contributed by atoms with E-state index >= 15 is 0 Å². The van der Waals surface area contributed by atoms with Crippen LogP contribution in [0.15, 0.2) is 12.3 Å². The maximum absolute atomic E-state index is 12.0. The van der Waals surface area contributed by atoms with Gasteiger partial charge in [-0.3, -0.25) is 4.79 Å². The number of hydrogen-bond acceptors (Lipinski definition) is 4. The van der Waals surface area contributed by atoms with Crippen molar-refractivity contribution in [2.45, 2.75) is 45.1 Å². The van der Waals surface area contributed by atoms with Crippen LogP contribution in [0.5, 0.6) is 0 Å². The van der Waals surface area contributed by atoms with E-state index in [0.29, 0.717) is 25.9 Å².